The third-order valence-corrected chi connectivity index (χ3v) is 16.6. The minimum absolute atomic E-state index is 0.0578. The van der Waals surface area contributed by atoms with Crippen molar-refractivity contribution in [3.63, 3.8) is 0 Å². The van der Waals surface area contributed by atoms with Gasteiger partial charge < -0.3 is 20.1 Å². The number of nitrogens with two attached hydrogens (primary N) is 1. The topological polar surface area (TPSA) is 134 Å². The lowest BCUT2D eigenvalue weighted by Crippen LogP contribution is -2.29. The summed E-state index contributed by atoms with van der Waals surface area (Å²) >= 11 is 0. The first-order valence-electron chi connectivity index (χ1n) is 34.2. The van der Waals surface area contributed by atoms with Gasteiger partial charge in [0.25, 0.3) is 0 Å². The van der Waals surface area contributed by atoms with Gasteiger partial charge in [0.05, 0.1) is 13.2 Å². The zero-order valence-electron chi connectivity index (χ0n) is 51.5. The number of phosphoric acid groups is 1. The fourth-order valence-corrected chi connectivity index (χ4v) is 11.3. The maximum absolute atomic E-state index is 12.8. The molecule has 0 aromatic carbocycles. The maximum Gasteiger partial charge on any atom is 0.472 e. The minimum atomic E-state index is -4.39. The van der Waals surface area contributed by atoms with Crippen molar-refractivity contribution in [1.29, 1.82) is 0 Å². The number of carbonyl (C=O) groups is 2. The Kier molecular flexibility index (Phi) is 62.9. The number of hydrogen-bond acceptors (Lipinski definition) is 8. The molecular formula is C67H132NO8P. The van der Waals surface area contributed by atoms with Gasteiger partial charge in [0.1, 0.15) is 6.61 Å². The first-order valence-corrected chi connectivity index (χ1v) is 35.7. The molecule has 3 N–H and O–H groups in total. The van der Waals surface area contributed by atoms with Crippen molar-refractivity contribution in [2.75, 3.05) is 26.4 Å². The molecule has 0 heterocycles. The van der Waals surface area contributed by atoms with Gasteiger partial charge in [-0.05, 0) is 38.5 Å². The molecule has 0 spiro atoms. The Labute approximate surface area is 479 Å². The number of allylic oxidation sites excluding steroid dienone is 2. The molecule has 0 aromatic heterocycles. The van der Waals surface area contributed by atoms with E-state index in [9.17, 15) is 19.0 Å². The molecule has 2 unspecified atom stereocenters. The van der Waals surface area contributed by atoms with Gasteiger partial charge in [0.15, 0.2) is 6.10 Å². The summed E-state index contributed by atoms with van der Waals surface area (Å²) in [5.74, 6) is -0.800. The van der Waals surface area contributed by atoms with Crippen molar-refractivity contribution >= 4 is 19.8 Å². The molecule has 9 nitrogen and oxygen atoms in total. The van der Waals surface area contributed by atoms with Gasteiger partial charge in [0.2, 0.25) is 0 Å². The van der Waals surface area contributed by atoms with Gasteiger partial charge in [0, 0.05) is 19.4 Å². The van der Waals surface area contributed by atoms with E-state index in [2.05, 4.69) is 26.0 Å². The van der Waals surface area contributed by atoms with Gasteiger partial charge >= 0.3 is 19.8 Å². The van der Waals surface area contributed by atoms with Crippen LogP contribution in [0, 0.1) is 0 Å². The summed E-state index contributed by atoms with van der Waals surface area (Å²) < 4.78 is 33.2. The SMILES string of the molecule is CCCCCCCCCC/C=C\CCCCCCCCCCCCCCCCCCCCCC(=O)OC(COC(=O)CCCCCCCCCCCCCCCCCCCCCCCCCCC)COP(=O)(O)OCCN. The average Bonchev–Trinajstić information content (AvgIpc) is 3.42. The van der Waals surface area contributed by atoms with Crippen LogP contribution in [0.4, 0.5) is 0 Å². The van der Waals surface area contributed by atoms with Crippen molar-refractivity contribution in [2.45, 2.75) is 380 Å². The van der Waals surface area contributed by atoms with E-state index in [4.69, 9.17) is 24.3 Å². The highest BCUT2D eigenvalue weighted by Gasteiger charge is 2.26. The zero-order chi connectivity index (χ0) is 55.9. The van der Waals surface area contributed by atoms with Gasteiger partial charge in [-0.2, -0.15) is 0 Å². The van der Waals surface area contributed by atoms with Crippen LogP contribution in [0.1, 0.15) is 373 Å². The monoisotopic (exact) mass is 1110 g/mol. The summed E-state index contributed by atoms with van der Waals surface area (Å²) in [5.41, 5.74) is 5.40. The molecule has 77 heavy (non-hydrogen) atoms. The standard InChI is InChI=1S/C67H132NO8P/c1-3-5-7-9-11-13-15-17-19-21-23-25-27-29-30-31-32-33-34-36-38-40-42-44-46-48-50-52-54-56-58-60-67(70)76-65(64-75-77(71,72)74-62-61-68)63-73-66(69)59-57-55-53-51-49-47-45-43-41-39-37-35-28-26-24-22-20-18-16-14-12-10-8-6-4-2/h21,23,65H,3-20,22,24-64,68H2,1-2H3,(H,71,72)/b23-21-. The minimum Gasteiger partial charge on any atom is -0.462 e. The van der Waals surface area contributed by atoms with Crippen LogP contribution in [0.5, 0.6) is 0 Å². The zero-order valence-corrected chi connectivity index (χ0v) is 52.4. The Morgan fingerprint density at radius 2 is 0.636 bits per heavy atom. The number of phosphoric ester groups is 1. The van der Waals surface area contributed by atoms with Crippen molar-refractivity contribution < 1.29 is 37.6 Å². The van der Waals surface area contributed by atoms with E-state index < -0.39 is 26.5 Å². The predicted molar refractivity (Wildman–Crippen MR) is 331 cm³/mol. The molecule has 0 aliphatic heterocycles. The predicted octanol–water partition coefficient (Wildman–Crippen LogP) is 22.0. The van der Waals surface area contributed by atoms with Gasteiger partial charge in [-0.3, -0.25) is 18.6 Å². The fourth-order valence-electron chi connectivity index (χ4n) is 10.6. The van der Waals surface area contributed by atoms with E-state index in [0.717, 1.165) is 32.1 Å². The normalized spacial score (nSPS) is 12.9. The second kappa shape index (κ2) is 63.9. The summed E-state index contributed by atoms with van der Waals surface area (Å²) in [4.78, 5) is 35.3. The quantitative estimate of drug-likeness (QED) is 0.0264. The molecule has 0 bridgehead atoms. The number of rotatable bonds is 66. The van der Waals surface area contributed by atoms with Gasteiger partial charge in [-0.15, -0.1) is 0 Å². The maximum atomic E-state index is 12.8. The van der Waals surface area contributed by atoms with E-state index in [1.54, 1.807) is 0 Å². The molecule has 0 fully saturated rings. The van der Waals surface area contributed by atoms with Crippen molar-refractivity contribution in [1.82, 2.24) is 0 Å². The van der Waals surface area contributed by atoms with E-state index in [1.807, 2.05) is 0 Å². The van der Waals surface area contributed by atoms with Crippen LogP contribution in [-0.4, -0.2) is 49.3 Å². The van der Waals surface area contributed by atoms with Crippen molar-refractivity contribution in [3.8, 4) is 0 Å². The van der Waals surface area contributed by atoms with Crippen LogP contribution >= 0.6 is 7.82 Å². The molecule has 0 saturated heterocycles. The lowest BCUT2D eigenvalue weighted by atomic mass is 10.0. The molecule has 0 aliphatic rings. The molecule has 0 aromatic rings. The number of unbranched alkanes of at least 4 members (excludes halogenated alkanes) is 51. The molecule has 10 heteroatoms. The van der Waals surface area contributed by atoms with E-state index in [-0.39, 0.29) is 38.6 Å². The van der Waals surface area contributed by atoms with Crippen molar-refractivity contribution in [3.05, 3.63) is 12.2 Å². The second-order valence-electron chi connectivity index (χ2n) is 23.4. The number of esters is 2. The number of ether oxygens (including phenoxy) is 2. The summed E-state index contributed by atoms with van der Waals surface area (Å²) in [6, 6.07) is 0. The van der Waals surface area contributed by atoms with Crippen molar-refractivity contribution in [2.24, 2.45) is 5.73 Å². The lowest BCUT2D eigenvalue weighted by Gasteiger charge is -2.19. The summed E-state index contributed by atoms with van der Waals surface area (Å²) in [5, 5.41) is 0. The molecule has 0 aliphatic carbocycles. The van der Waals surface area contributed by atoms with Crippen LogP contribution in [-0.2, 0) is 32.7 Å². The van der Waals surface area contributed by atoms with E-state index in [1.165, 1.54) is 308 Å². The Hall–Kier alpha value is -1.25. The summed E-state index contributed by atoms with van der Waals surface area (Å²) in [6.45, 7) is 3.83. The Morgan fingerprint density at radius 3 is 0.922 bits per heavy atom. The first-order chi connectivity index (χ1) is 37.8. The van der Waals surface area contributed by atoms with E-state index in [0.29, 0.717) is 6.42 Å². The molecule has 0 rings (SSSR count). The molecule has 2 atom stereocenters. The summed E-state index contributed by atoms with van der Waals surface area (Å²) in [7, 11) is -4.39. The Balaban J connectivity index is 3.82. The Morgan fingerprint density at radius 1 is 0.377 bits per heavy atom. The van der Waals surface area contributed by atoms with E-state index >= 15 is 0 Å². The van der Waals surface area contributed by atoms with Gasteiger partial charge in [-0.25, -0.2) is 4.57 Å². The molecule has 0 saturated carbocycles. The fraction of sp³-hybridized carbons (Fsp3) is 0.940. The summed E-state index contributed by atoms with van der Waals surface area (Å²) in [6.07, 6.45) is 75.9. The van der Waals surface area contributed by atoms with Crippen LogP contribution in [0.2, 0.25) is 0 Å². The van der Waals surface area contributed by atoms with Crippen LogP contribution in [0.3, 0.4) is 0 Å². The third kappa shape index (κ3) is 63.8. The largest absolute Gasteiger partial charge is 0.472 e. The highest BCUT2D eigenvalue weighted by Crippen LogP contribution is 2.43. The number of hydrogen-bond donors (Lipinski definition) is 2. The second-order valence-corrected chi connectivity index (χ2v) is 24.9. The number of carbonyl (C=O) groups excluding carboxylic acids is 2. The van der Waals surface area contributed by atoms with Crippen LogP contribution < -0.4 is 5.73 Å². The highest BCUT2D eigenvalue weighted by molar-refractivity contribution is 7.47. The first kappa shape index (κ1) is 75.8. The molecule has 0 radical (unpaired) electrons. The van der Waals surface area contributed by atoms with Crippen LogP contribution in [0.15, 0.2) is 12.2 Å². The van der Waals surface area contributed by atoms with Crippen LogP contribution in [0.25, 0.3) is 0 Å². The smallest absolute Gasteiger partial charge is 0.462 e. The highest BCUT2D eigenvalue weighted by atomic mass is 31.2. The van der Waals surface area contributed by atoms with Gasteiger partial charge in [-0.1, -0.05) is 334 Å². The Bertz CT molecular complexity index is 1270. The molecular weight excluding hydrogens is 978 g/mol. The third-order valence-electron chi connectivity index (χ3n) is 15.7. The molecule has 0 amide bonds. The molecule has 458 valence electrons. The lowest BCUT2D eigenvalue weighted by molar-refractivity contribution is -0.161. The average molecular weight is 1110 g/mol.